The van der Waals surface area contributed by atoms with Crippen LogP contribution in [0.4, 0.5) is 13.2 Å². The standard InChI is InChI=1S/C13H17F3N4/c14-13(15,16)11-6-2-5-10(19-11)7-8-18-12(17)20-9-3-1-4-9/h2,5-6,9H,1,3-4,7-8H2,(H3,17,18,20). The van der Waals surface area contributed by atoms with Gasteiger partial charge in [0.25, 0.3) is 0 Å². The number of rotatable bonds is 4. The van der Waals surface area contributed by atoms with Crippen LogP contribution in [0.1, 0.15) is 30.7 Å². The molecule has 7 heteroatoms. The Hall–Kier alpha value is -1.79. The van der Waals surface area contributed by atoms with Gasteiger partial charge in [0.1, 0.15) is 5.69 Å². The lowest BCUT2D eigenvalue weighted by Crippen LogP contribution is -2.43. The summed E-state index contributed by atoms with van der Waals surface area (Å²) < 4.78 is 37.5. The highest BCUT2D eigenvalue weighted by Gasteiger charge is 2.32. The summed E-state index contributed by atoms with van der Waals surface area (Å²) in [6.45, 7) is 0.319. The summed E-state index contributed by atoms with van der Waals surface area (Å²) in [7, 11) is 0. The molecule has 0 atom stereocenters. The Balaban J connectivity index is 1.85. The molecular weight excluding hydrogens is 269 g/mol. The Bertz CT molecular complexity index is 481. The van der Waals surface area contributed by atoms with Crippen LogP contribution in [0.25, 0.3) is 0 Å². The maximum atomic E-state index is 12.5. The third-order valence-corrected chi connectivity index (χ3v) is 3.20. The van der Waals surface area contributed by atoms with E-state index in [1.165, 1.54) is 12.5 Å². The minimum atomic E-state index is -4.41. The number of hydrogen-bond donors (Lipinski definition) is 2. The number of halogens is 3. The van der Waals surface area contributed by atoms with Gasteiger partial charge in [-0.05, 0) is 31.4 Å². The van der Waals surface area contributed by atoms with Crippen LogP contribution >= 0.6 is 0 Å². The van der Waals surface area contributed by atoms with E-state index in [0.717, 1.165) is 18.9 Å². The molecule has 1 fully saturated rings. The van der Waals surface area contributed by atoms with Crippen LogP contribution in [-0.2, 0) is 12.6 Å². The molecule has 1 aromatic rings. The number of aromatic nitrogens is 1. The van der Waals surface area contributed by atoms with Crippen molar-refractivity contribution in [2.24, 2.45) is 10.7 Å². The van der Waals surface area contributed by atoms with Crippen LogP contribution < -0.4 is 11.1 Å². The molecule has 0 spiro atoms. The topological polar surface area (TPSA) is 63.3 Å². The van der Waals surface area contributed by atoms with E-state index in [1.807, 2.05) is 0 Å². The Kier molecular flexibility index (Phi) is 4.46. The Labute approximate surface area is 115 Å². The van der Waals surface area contributed by atoms with E-state index in [-0.39, 0.29) is 0 Å². The van der Waals surface area contributed by atoms with Gasteiger partial charge in [-0.15, -0.1) is 0 Å². The molecule has 110 valence electrons. The van der Waals surface area contributed by atoms with Gasteiger partial charge in [0, 0.05) is 24.7 Å². The first-order chi connectivity index (χ1) is 9.45. The molecule has 1 saturated carbocycles. The number of nitrogens with zero attached hydrogens (tertiary/aromatic N) is 2. The lowest BCUT2D eigenvalue weighted by atomic mass is 9.93. The second-order valence-electron chi connectivity index (χ2n) is 4.80. The number of pyridine rings is 1. The summed E-state index contributed by atoms with van der Waals surface area (Å²) in [5, 5.41) is 3.07. The predicted molar refractivity (Wildman–Crippen MR) is 70.2 cm³/mol. The maximum Gasteiger partial charge on any atom is 0.433 e. The van der Waals surface area contributed by atoms with Crippen molar-refractivity contribution in [3.63, 3.8) is 0 Å². The minimum Gasteiger partial charge on any atom is -0.370 e. The summed E-state index contributed by atoms with van der Waals surface area (Å²) in [6.07, 6.45) is -0.711. The van der Waals surface area contributed by atoms with Crippen molar-refractivity contribution in [1.82, 2.24) is 10.3 Å². The van der Waals surface area contributed by atoms with Gasteiger partial charge in [-0.25, -0.2) is 4.98 Å². The summed E-state index contributed by atoms with van der Waals surface area (Å²) in [4.78, 5) is 7.67. The number of aliphatic imine (C=N–C) groups is 1. The summed E-state index contributed by atoms with van der Waals surface area (Å²) in [6, 6.07) is 4.26. The number of hydrogen-bond acceptors (Lipinski definition) is 2. The second-order valence-corrected chi connectivity index (χ2v) is 4.80. The Morgan fingerprint density at radius 2 is 2.15 bits per heavy atom. The zero-order chi connectivity index (χ0) is 14.6. The van der Waals surface area contributed by atoms with E-state index in [9.17, 15) is 13.2 Å². The fourth-order valence-electron chi connectivity index (χ4n) is 1.87. The van der Waals surface area contributed by atoms with Crippen molar-refractivity contribution in [3.05, 3.63) is 29.6 Å². The van der Waals surface area contributed by atoms with Gasteiger partial charge in [-0.2, -0.15) is 13.2 Å². The van der Waals surface area contributed by atoms with Crippen LogP contribution in [0, 0.1) is 0 Å². The first-order valence-electron chi connectivity index (χ1n) is 6.55. The van der Waals surface area contributed by atoms with Gasteiger partial charge in [-0.3, -0.25) is 4.99 Å². The van der Waals surface area contributed by atoms with Crippen molar-refractivity contribution >= 4 is 5.96 Å². The smallest absolute Gasteiger partial charge is 0.370 e. The molecule has 0 amide bonds. The summed E-state index contributed by atoms with van der Waals surface area (Å²) >= 11 is 0. The third kappa shape index (κ3) is 4.11. The molecule has 20 heavy (non-hydrogen) atoms. The highest BCUT2D eigenvalue weighted by molar-refractivity contribution is 5.78. The number of nitrogens with one attached hydrogen (secondary N) is 1. The predicted octanol–water partition coefficient (Wildman–Crippen LogP) is 2.10. The van der Waals surface area contributed by atoms with Gasteiger partial charge >= 0.3 is 6.18 Å². The molecule has 1 aliphatic rings. The van der Waals surface area contributed by atoms with Gasteiger partial charge < -0.3 is 11.1 Å². The fraction of sp³-hybridized carbons (Fsp3) is 0.538. The first kappa shape index (κ1) is 14.6. The summed E-state index contributed by atoms with van der Waals surface area (Å²) in [5.74, 6) is 0.349. The molecule has 1 aliphatic carbocycles. The monoisotopic (exact) mass is 286 g/mol. The molecule has 1 heterocycles. The zero-order valence-corrected chi connectivity index (χ0v) is 11.0. The molecule has 0 unspecified atom stereocenters. The average molecular weight is 286 g/mol. The first-order valence-corrected chi connectivity index (χ1v) is 6.55. The maximum absolute atomic E-state index is 12.5. The fourth-order valence-corrected chi connectivity index (χ4v) is 1.87. The Morgan fingerprint density at radius 1 is 1.40 bits per heavy atom. The molecule has 1 aromatic heterocycles. The minimum absolute atomic E-state index is 0.319. The van der Waals surface area contributed by atoms with Crippen LogP contribution in [0.15, 0.2) is 23.2 Å². The number of nitrogens with two attached hydrogens (primary N) is 1. The second kappa shape index (κ2) is 6.11. The van der Waals surface area contributed by atoms with Gasteiger partial charge in [0.05, 0.1) is 0 Å². The number of guanidine groups is 1. The van der Waals surface area contributed by atoms with Gasteiger partial charge in [-0.1, -0.05) is 6.07 Å². The molecule has 0 radical (unpaired) electrons. The highest BCUT2D eigenvalue weighted by atomic mass is 19.4. The van der Waals surface area contributed by atoms with Crippen molar-refractivity contribution in [2.45, 2.75) is 37.9 Å². The van der Waals surface area contributed by atoms with Crippen molar-refractivity contribution in [2.75, 3.05) is 6.54 Å². The van der Waals surface area contributed by atoms with Crippen LogP contribution in [0.3, 0.4) is 0 Å². The SMILES string of the molecule is NC(=NCCc1cccc(C(F)(F)F)n1)NC1CCC1. The quantitative estimate of drug-likeness (QED) is 0.658. The van der Waals surface area contributed by atoms with E-state index < -0.39 is 11.9 Å². The molecule has 3 N–H and O–H groups in total. The van der Waals surface area contributed by atoms with E-state index in [4.69, 9.17) is 5.73 Å². The van der Waals surface area contributed by atoms with E-state index >= 15 is 0 Å². The zero-order valence-electron chi connectivity index (χ0n) is 11.0. The van der Waals surface area contributed by atoms with Crippen LogP contribution in [0.2, 0.25) is 0 Å². The normalized spacial score (nSPS) is 16.9. The third-order valence-electron chi connectivity index (χ3n) is 3.20. The van der Waals surface area contributed by atoms with Crippen LogP contribution in [0.5, 0.6) is 0 Å². The molecule has 0 saturated heterocycles. The molecule has 0 bridgehead atoms. The lowest BCUT2D eigenvalue weighted by molar-refractivity contribution is -0.141. The number of alkyl halides is 3. The molecule has 0 aromatic carbocycles. The van der Waals surface area contributed by atoms with Crippen molar-refractivity contribution in [3.8, 4) is 0 Å². The average Bonchev–Trinajstić information content (AvgIpc) is 2.33. The van der Waals surface area contributed by atoms with E-state index in [1.54, 1.807) is 6.07 Å². The molecule has 0 aliphatic heterocycles. The van der Waals surface area contributed by atoms with E-state index in [2.05, 4.69) is 15.3 Å². The summed E-state index contributed by atoms with van der Waals surface area (Å²) in [5.41, 5.74) is 5.17. The van der Waals surface area contributed by atoms with Gasteiger partial charge in [0.2, 0.25) is 0 Å². The molecular formula is C13H17F3N4. The lowest BCUT2D eigenvalue weighted by Gasteiger charge is -2.26. The van der Waals surface area contributed by atoms with Gasteiger partial charge in [0.15, 0.2) is 5.96 Å². The molecule has 4 nitrogen and oxygen atoms in total. The molecule has 2 rings (SSSR count). The van der Waals surface area contributed by atoms with Crippen LogP contribution in [-0.4, -0.2) is 23.5 Å². The highest BCUT2D eigenvalue weighted by Crippen LogP contribution is 2.27. The van der Waals surface area contributed by atoms with Crippen molar-refractivity contribution < 1.29 is 13.2 Å². The Morgan fingerprint density at radius 3 is 2.75 bits per heavy atom. The largest absolute Gasteiger partial charge is 0.433 e. The van der Waals surface area contributed by atoms with Crippen molar-refractivity contribution in [1.29, 1.82) is 0 Å². The van der Waals surface area contributed by atoms with E-state index in [0.29, 0.717) is 30.7 Å².